The van der Waals surface area contributed by atoms with Crippen LogP contribution in [0.1, 0.15) is 13.3 Å². The third-order valence-corrected chi connectivity index (χ3v) is 3.50. The summed E-state index contributed by atoms with van der Waals surface area (Å²) in [5.74, 6) is 0.472. The summed E-state index contributed by atoms with van der Waals surface area (Å²) in [6.07, 6.45) is 0.386. The molecule has 0 N–H and O–H groups in total. The molecule has 0 bridgehead atoms. The topological polar surface area (TPSA) is 26.3 Å². The van der Waals surface area contributed by atoms with E-state index in [2.05, 4.69) is 0 Å². The van der Waals surface area contributed by atoms with Crippen LogP contribution in [0, 0.1) is 0 Å². The third kappa shape index (κ3) is 4.64. The van der Waals surface area contributed by atoms with Crippen molar-refractivity contribution in [2.75, 3.05) is 12.4 Å². The van der Waals surface area contributed by atoms with E-state index in [1.165, 1.54) is 11.8 Å². The minimum Gasteiger partial charge on any atom is -0.466 e. The van der Waals surface area contributed by atoms with E-state index in [0.717, 1.165) is 4.90 Å². The van der Waals surface area contributed by atoms with Gasteiger partial charge in [0.2, 0.25) is 0 Å². The molecule has 0 aromatic heterocycles. The van der Waals surface area contributed by atoms with E-state index in [-0.39, 0.29) is 5.97 Å². The molecule has 2 nitrogen and oxygen atoms in total. The first-order chi connectivity index (χ1) is 7.63. The van der Waals surface area contributed by atoms with Crippen LogP contribution in [0.4, 0.5) is 0 Å². The average molecular weight is 279 g/mol. The Kier molecular flexibility index (Phi) is 6.03. The molecular formula is C11H12Cl2O2S. The molecule has 0 aliphatic heterocycles. The Morgan fingerprint density at radius 1 is 1.44 bits per heavy atom. The first-order valence-corrected chi connectivity index (χ1v) is 6.61. The van der Waals surface area contributed by atoms with Gasteiger partial charge in [-0.25, -0.2) is 0 Å². The number of carbonyl (C=O) groups is 1. The summed E-state index contributed by atoms with van der Waals surface area (Å²) < 4.78 is 4.82. The fourth-order valence-corrected chi connectivity index (χ4v) is 2.49. The Bertz CT molecular complexity index is 369. The van der Waals surface area contributed by atoms with Crippen molar-refractivity contribution in [2.24, 2.45) is 0 Å². The van der Waals surface area contributed by atoms with Crippen LogP contribution in [-0.4, -0.2) is 18.3 Å². The number of thioether (sulfide) groups is 1. The standard InChI is InChI=1S/C11H12Cl2O2S/c1-2-15-11(14)5-6-16-10-4-3-8(12)7-9(10)13/h3-4,7H,2,5-6H2,1H3. The van der Waals surface area contributed by atoms with Crippen molar-refractivity contribution in [3.8, 4) is 0 Å². The Morgan fingerprint density at radius 2 is 2.19 bits per heavy atom. The van der Waals surface area contributed by atoms with Crippen LogP contribution >= 0.6 is 35.0 Å². The summed E-state index contributed by atoms with van der Waals surface area (Å²) in [5.41, 5.74) is 0. The van der Waals surface area contributed by atoms with Gasteiger partial charge in [-0.2, -0.15) is 0 Å². The number of rotatable bonds is 5. The van der Waals surface area contributed by atoms with Crippen molar-refractivity contribution in [1.29, 1.82) is 0 Å². The van der Waals surface area contributed by atoms with Gasteiger partial charge in [0.15, 0.2) is 0 Å². The van der Waals surface area contributed by atoms with Crippen molar-refractivity contribution in [3.63, 3.8) is 0 Å². The van der Waals surface area contributed by atoms with Crippen molar-refractivity contribution in [2.45, 2.75) is 18.2 Å². The number of hydrogen-bond acceptors (Lipinski definition) is 3. The number of benzene rings is 1. The van der Waals surface area contributed by atoms with Crippen LogP contribution in [0.25, 0.3) is 0 Å². The van der Waals surface area contributed by atoms with Crippen molar-refractivity contribution >= 4 is 40.9 Å². The molecule has 5 heteroatoms. The monoisotopic (exact) mass is 278 g/mol. The predicted octanol–water partition coefficient (Wildman–Crippen LogP) is 4.04. The predicted molar refractivity (Wildman–Crippen MR) is 68.4 cm³/mol. The van der Waals surface area contributed by atoms with Gasteiger partial charge in [-0.05, 0) is 25.1 Å². The molecule has 0 aliphatic carbocycles. The number of ether oxygens (including phenoxy) is 1. The summed E-state index contributed by atoms with van der Waals surface area (Å²) in [7, 11) is 0. The second-order valence-electron chi connectivity index (χ2n) is 2.98. The molecule has 0 radical (unpaired) electrons. The number of esters is 1. The molecule has 16 heavy (non-hydrogen) atoms. The molecule has 1 aromatic rings. The third-order valence-electron chi connectivity index (χ3n) is 1.76. The van der Waals surface area contributed by atoms with Crippen LogP contribution in [-0.2, 0) is 9.53 Å². The van der Waals surface area contributed by atoms with Crippen LogP contribution in [0.2, 0.25) is 10.0 Å². The molecule has 0 fully saturated rings. The van der Waals surface area contributed by atoms with Crippen LogP contribution in [0.3, 0.4) is 0 Å². The molecule has 0 spiro atoms. The number of halogens is 2. The fourth-order valence-electron chi connectivity index (χ4n) is 1.07. The lowest BCUT2D eigenvalue weighted by molar-refractivity contribution is -0.142. The Balaban J connectivity index is 2.40. The van der Waals surface area contributed by atoms with Crippen molar-refractivity contribution in [1.82, 2.24) is 0 Å². The number of carbonyl (C=O) groups excluding carboxylic acids is 1. The smallest absolute Gasteiger partial charge is 0.306 e. The second-order valence-corrected chi connectivity index (χ2v) is 4.96. The lowest BCUT2D eigenvalue weighted by atomic mass is 10.4. The Morgan fingerprint density at radius 3 is 2.81 bits per heavy atom. The summed E-state index contributed by atoms with van der Waals surface area (Å²) in [6, 6.07) is 5.32. The van der Waals surface area contributed by atoms with Gasteiger partial charge in [0.25, 0.3) is 0 Å². The van der Waals surface area contributed by atoms with E-state index in [1.54, 1.807) is 19.1 Å². The van der Waals surface area contributed by atoms with Gasteiger partial charge in [-0.15, -0.1) is 11.8 Å². The van der Waals surface area contributed by atoms with Gasteiger partial charge in [-0.3, -0.25) is 4.79 Å². The summed E-state index contributed by atoms with van der Waals surface area (Å²) >= 11 is 13.3. The highest BCUT2D eigenvalue weighted by molar-refractivity contribution is 7.99. The fraction of sp³-hybridized carbons (Fsp3) is 0.364. The first kappa shape index (κ1) is 13.7. The molecule has 0 unspecified atom stereocenters. The molecule has 0 saturated heterocycles. The maximum absolute atomic E-state index is 11.1. The Hall–Kier alpha value is -0.380. The van der Waals surface area contributed by atoms with Crippen LogP contribution < -0.4 is 0 Å². The molecule has 1 aromatic carbocycles. The summed E-state index contributed by atoms with van der Waals surface area (Å²) in [5, 5.41) is 1.22. The minimum atomic E-state index is -0.180. The molecule has 0 atom stereocenters. The number of hydrogen-bond donors (Lipinski definition) is 0. The van der Waals surface area contributed by atoms with E-state index in [9.17, 15) is 4.79 Å². The zero-order valence-electron chi connectivity index (χ0n) is 8.83. The van der Waals surface area contributed by atoms with E-state index >= 15 is 0 Å². The first-order valence-electron chi connectivity index (χ1n) is 4.87. The molecule has 0 amide bonds. The van der Waals surface area contributed by atoms with Crippen molar-refractivity contribution in [3.05, 3.63) is 28.2 Å². The van der Waals surface area contributed by atoms with Gasteiger partial charge in [-0.1, -0.05) is 23.2 Å². The SMILES string of the molecule is CCOC(=O)CCSc1ccc(Cl)cc1Cl. The van der Waals surface area contributed by atoms with Crippen LogP contribution in [0.5, 0.6) is 0 Å². The molecule has 1 rings (SSSR count). The van der Waals surface area contributed by atoms with Gasteiger partial charge in [0, 0.05) is 15.7 Å². The molecule has 0 heterocycles. The quantitative estimate of drug-likeness (QED) is 0.601. The lowest BCUT2D eigenvalue weighted by Crippen LogP contribution is -2.04. The van der Waals surface area contributed by atoms with Gasteiger partial charge in [0.1, 0.15) is 0 Å². The maximum Gasteiger partial charge on any atom is 0.306 e. The van der Waals surface area contributed by atoms with E-state index in [4.69, 9.17) is 27.9 Å². The molecule has 88 valence electrons. The van der Waals surface area contributed by atoms with Gasteiger partial charge >= 0.3 is 5.97 Å². The van der Waals surface area contributed by atoms with Gasteiger partial charge < -0.3 is 4.74 Å². The Labute approximate surface area is 109 Å². The average Bonchev–Trinajstić information content (AvgIpc) is 2.22. The highest BCUT2D eigenvalue weighted by atomic mass is 35.5. The van der Waals surface area contributed by atoms with Crippen LogP contribution in [0.15, 0.2) is 23.1 Å². The zero-order valence-corrected chi connectivity index (χ0v) is 11.2. The van der Waals surface area contributed by atoms with E-state index in [0.29, 0.717) is 28.8 Å². The van der Waals surface area contributed by atoms with Gasteiger partial charge in [0.05, 0.1) is 18.1 Å². The van der Waals surface area contributed by atoms with E-state index in [1.807, 2.05) is 6.07 Å². The van der Waals surface area contributed by atoms with E-state index < -0.39 is 0 Å². The molecule has 0 saturated carbocycles. The summed E-state index contributed by atoms with van der Waals surface area (Å²) in [6.45, 7) is 2.21. The maximum atomic E-state index is 11.1. The highest BCUT2D eigenvalue weighted by Gasteiger charge is 2.05. The molecule has 0 aliphatic rings. The zero-order chi connectivity index (χ0) is 12.0. The summed E-state index contributed by atoms with van der Waals surface area (Å²) in [4.78, 5) is 12.0. The second kappa shape index (κ2) is 7.05. The largest absolute Gasteiger partial charge is 0.466 e. The highest BCUT2D eigenvalue weighted by Crippen LogP contribution is 2.29. The van der Waals surface area contributed by atoms with Crippen molar-refractivity contribution < 1.29 is 9.53 Å². The minimum absolute atomic E-state index is 0.180. The molecular weight excluding hydrogens is 267 g/mol. The lowest BCUT2D eigenvalue weighted by Gasteiger charge is -2.04. The normalized spacial score (nSPS) is 10.2.